The molecule has 92 valence electrons. The maximum atomic E-state index is 4.59. The predicted octanol–water partition coefficient (Wildman–Crippen LogP) is 2.97. The molecule has 1 N–H and O–H groups in total. The second-order valence-electron chi connectivity index (χ2n) is 3.95. The molecule has 0 unspecified atom stereocenters. The molecular weight excluding hydrogens is 232 g/mol. The van der Waals surface area contributed by atoms with Crippen molar-refractivity contribution >= 4 is 33.3 Å². The monoisotopic (exact) mass is 250 g/mol. The van der Waals surface area contributed by atoms with Crippen LogP contribution in [0, 0.1) is 0 Å². The molecule has 0 aromatic carbocycles. The number of nitrogens with one attached hydrogen (secondary N) is 1. The molecular formula is C12H18N4S. The van der Waals surface area contributed by atoms with Crippen molar-refractivity contribution in [2.75, 3.05) is 30.4 Å². The zero-order valence-electron chi connectivity index (χ0n) is 10.5. The Morgan fingerprint density at radius 1 is 1.35 bits per heavy atom. The second-order valence-corrected chi connectivity index (χ2v) is 4.85. The third-order valence-corrected chi connectivity index (χ3v) is 3.48. The van der Waals surface area contributed by atoms with Crippen LogP contribution < -0.4 is 10.2 Å². The summed E-state index contributed by atoms with van der Waals surface area (Å²) >= 11 is 1.66. The van der Waals surface area contributed by atoms with Gasteiger partial charge in [-0.25, -0.2) is 4.98 Å². The van der Waals surface area contributed by atoms with E-state index in [1.807, 2.05) is 0 Å². The second kappa shape index (κ2) is 5.31. The summed E-state index contributed by atoms with van der Waals surface area (Å²) in [7, 11) is 2.06. The molecule has 0 aliphatic rings. The van der Waals surface area contributed by atoms with Crippen LogP contribution in [0.4, 0.5) is 11.8 Å². The van der Waals surface area contributed by atoms with E-state index in [1.54, 1.807) is 11.3 Å². The van der Waals surface area contributed by atoms with E-state index in [9.17, 15) is 0 Å². The Bertz CT molecular complexity index is 494. The number of anilines is 2. The Kier molecular flexibility index (Phi) is 3.78. The first-order chi connectivity index (χ1) is 8.26. The fraction of sp³-hybridized carbons (Fsp3) is 0.500. The maximum Gasteiger partial charge on any atom is 0.226 e. The van der Waals surface area contributed by atoms with Gasteiger partial charge < -0.3 is 10.2 Å². The van der Waals surface area contributed by atoms with Crippen molar-refractivity contribution in [3.8, 4) is 0 Å². The average Bonchev–Trinajstić information content (AvgIpc) is 2.82. The summed E-state index contributed by atoms with van der Waals surface area (Å²) < 4.78 is 0. The molecule has 0 fully saturated rings. The van der Waals surface area contributed by atoms with Crippen LogP contribution in [0.5, 0.6) is 0 Å². The summed E-state index contributed by atoms with van der Waals surface area (Å²) in [6, 6.07) is 2.09. The van der Waals surface area contributed by atoms with Crippen LogP contribution in [0.2, 0.25) is 0 Å². The Morgan fingerprint density at radius 3 is 2.88 bits per heavy atom. The average molecular weight is 250 g/mol. The van der Waals surface area contributed by atoms with Crippen molar-refractivity contribution in [2.45, 2.75) is 20.3 Å². The van der Waals surface area contributed by atoms with Crippen LogP contribution in [0.15, 0.2) is 11.4 Å². The summed E-state index contributed by atoms with van der Waals surface area (Å²) in [6.07, 6.45) is 1.07. The van der Waals surface area contributed by atoms with E-state index in [1.165, 1.54) is 0 Å². The van der Waals surface area contributed by atoms with Crippen molar-refractivity contribution in [3.05, 3.63) is 11.4 Å². The third-order valence-electron chi connectivity index (χ3n) is 2.67. The number of hydrogen-bond acceptors (Lipinski definition) is 5. The van der Waals surface area contributed by atoms with E-state index in [0.29, 0.717) is 0 Å². The lowest BCUT2D eigenvalue weighted by molar-refractivity contribution is 0.924. The minimum atomic E-state index is 0.733. The molecule has 2 heterocycles. The summed E-state index contributed by atoms with van der Waals surface area (Å²) in [4.78, 5) is 12.3. The summed E-state index contributed by atoms with van der Waals surface area (Å²) in [5.41, 5.74) is 0. The molecule has 0 aliphatic heterocycles. The Labute approximate surface area is 106 Å². The van der Waals surface area contributed by atoms with Gasteiger partial charge in [-0.05, 0) is 24.8 Å². The van der Waals surface area contributed by atoms with E-state index >= 15 is 0 Å². The Balaban J connectivity index is 2.43. The zero-order chi connectivity index (χ0) is 12.3. The molecule has 0 saturated heterocycles. The van der Waals surface area contributed by atoms with Gasteiger partial charge in [0.05, 0.1) is 5.39 Å². The van der Waals surface area contributed by atoms with Gasteiger partial charge in [0.1, 0.15) is 10.6 Å². The molecule has 0 amide bonds. The lowest BCUT2D eigenvalue weighted by Gasteiger charge is -2.17. The first kappa shape index (κ1) is 12.1. The molecule has 2 aromatic rings. The highest BCUT2D eigenvalue weighted by atomic mass is 32.1. The first-order valence-electron chi connectivity index (χ1n) is 5.96. The number of fused-ring (bicyclic) bond motifs is 1. The SMILES string of the molecule is CCCNc1nc(N(C)CC)c2ccsc2n1. The summed E-state index contributed by atoms with van der Waals surface area (Å²) in [5.74, 6) is 1.74. The van der Waals surface area contributed by atoms with Gasteiger partial charge in [-0.3, -0.25) is 0 Å². The van der Waals surface area contributed by atoms with Crippen LogP contribution in [-0.2, 0) is 0 Å². The van der Waals surface area contributed by atoms with Gasteiger partial charge in [0, 0.05) is 20.1 Å². The van der Waals surface area contributed by atoms with Crippen LogP contribution >= 0.6 is 11.3 Å². The Hall–Kier alpha value is -1.36. The van der Waals surface area contributed by atoms with Crippen LogP contribution in [0.1, 0.15) is 20.3 Å². The molecule has 0 radical (unpaired) electrons. The van der Waals surface area contributed by atoms with Gasteiger partial charge in [0.15, 0.2) is 0 Å². The van der Waals surface area contributed by atoms with Crippen LogP contribution in [0.3, 0.4) is 0 Å². The highest BCUT2D eigenvalue weighted by Crippen LogP contribution is 2.28. The van der Waals surface area contributed by atoms with E-state index in [2.05, 4.69) is 52.5 Å². The first-order valence-corrected chi connectivity index (χ1v) is 6.84. The molecule has 2 aromatic heterocycles. The molecule has 0 aliphatic carbocycles. The third kappa shape index (κ3) is 2.49. The zero-order valence-corrected chi connectivity index (χ0v) is 11.3. The number of thiophene rings is 1. The van der Waals surface area contributed by atoms with Crippen molar-refractivity contribution < 1.29 is 0 Å². The largest absolute Gasteiger partial charge is 0.359 e. The van der Waals surface area contributed by atoms with Crippen molar-refractivity contribution in [1.82, 2.24) is 9.97 Å². The van der Waals surface area contributed by atoms with Gasteiger partial charge in [0.2, 0.25) is 5.95 Å². The number of rotatable bonds is 5. The van der Waals surface area contributed by atoms with Gasteiger partial charge in [-0.2, -0.15) is 4.98 Å². The minimum absolute atomic E-state index is 0.733. The molecule has 0 saturated carbocycles. The van der Waals surface area contributed by atoms with Gasteiger partial charge in [-0.1, -0.05) is 6.92 Å². The van der Waals surface area contributed by atoms with E-state index in [-0.39, 0.29) is 0 Å². The quantitative estimate of drug-likeness (QED) is 0.885. The lowest BCUT2D eigenvalue weighted by atomic mass is 10.3. The predicted molar refractivity (Wildman–Crippen MR) is 75.1 cm³/mol. The summed E-state index contributed by atoms with van der Waals surface area (Å²) in [6.45, 7) is 6.11. The fourth-order valence-electron chi connectivity index (χ4n) is 1.60. The van der Waals surface area contributed by atoms with E-state index in [0.717, 1.165) is 41.5 Å². The van der Waals surface area contributed by atoms with Crippen molar-refractivity contribution in [2.24, 2.45) is 0 Å². The van der Waals surface area contributed by atoms with Gasteiger partial charge >= 0.3 is 0 Å². The lowest BCUT2D eigenvalue weighted by Crippen LogP contribution is -2.18. The van der Waals surface area contributed by atoms with Gasteiger partial charge in [-0.15, -0.1) is 11.3 Å². The molecule has 0 bridgehead atoms. The normalized spacial score (nSPS) is 10.8. The topological polar surface area (TPSA) is 41.1 Å². The molecule has 0 atom stereocenters. The molecule has 4 nitrogen and oxygen atoms in total. The fourth-order valence-corrected chi connectivity index (χ4v) is 2.35. The number of aromatic nitrogens is 2. The van der Waals surface area contributed by atoms with Crippen molar-refractivity contribution in [1.29, 1.82) is 0 Å². The molecule has 5 heteroatoms. The minimum Gasteiger partial charge on any atom is -0.359 e. The molecule has 17 heavy (non-hydrogen) atoms. The summed E-state index contributed by atoms with van der Waals surface area (Å²) in [5, 5.41) is 6.46. The van der Waals surface area contributed by atoms with Crippen LogP contribution in [-0.4, -0.2) is 30.1 Å². The highest BCUT2D eigenvalue weighted by Gasteiger charge is 2.11. The molecule has 0 spiro atoms. The smallest absolute Gasteiger partial charge is 0.226 e. The van der Waals surface area contributed by atoms with Crippen molar-refractivity contribution in [3.63, 3.8) is 0 Å². The van der Waals surface area contributed by atoms with Crippen LogP contribution in [0.25, 0.3) is 10.2 Å². The Morgan fingerprint density at radius 2 is 2.18 bits per heavy atom. The molecule has 2 rings (SSSR count). The van der Waals surface area contributed by atoms with Gasteiger partial charge in [0.25, 0.3) is 0 Å². The standard InChI is InChI=1S/C12H18N4S/c1-4-7-13-12-14-10(16(3)5-2)9-6-8-17-11(9)15-12/h6,8H,4-5,7H2,1-3H3,(H,13,14,15). The van der Waals surface area contributed by atoms with E-state index in [4.69, 9.17) is 0 Å². The number of hydrogen-bond donors (Lipinski definition) is 1. The number of nitrogens with zero attached hydrogens (tertiary/aromatic N) is 3. The highest BCUT2D eigenvalue weighted by molar-refractivity contribution is 7.16. The maximum absolute atomic E-state index is 4.59. The van der Waals surface area contributed by atoms with E-state index < -0.39 is 0 Å².